The summed E-state index contributed by atoms with van der Waals surface area (Å²) < 4.78 is 42.4. The fraction of sp³-hybridized carbons (Fsp3) is 0.750. The van der Waals surface area contributed by atoms with E-state index in [4.69, 9.17) is 23.2 Å². The molecule has 1 atom stereocenters. The van der Waals surface area contributed by atoms with Crippen LogP contribution in [-0.2, 0) is 19.1 Å². The third-order valence-electron chi connectivity index (χ3n) is 1.90. The first-order valence-corrected chi connectivity index (χ1v) is 4.92. The zero-order chi connectivity index (χ0) is 13.9. The van der Waals surface area contributed by atoms with Gasteiger partial charge in [-0.1, -0.05) is 23.2 Å². The molecule has 0 aliphatic rings. The van der Waals surface area contributed by atoms with Crippen LogP contribution < -0.4 is 0 Å². The molecule has 9 heteroatoms. The van der Waals surface area contributed by atoms with Gasteiger partial charge >= 0.3 is 18.1 Å². The molecule has 0 bridgehead atoms. The van der Waals surface area contributed by atoms with Crippen molar-refractivity contribution in [1.82, 2.24) is 0 Å². The van der Waals surface area contributed by atoms with Crippen molar-refractivity contribution >= 4 is 35.1 Å². The van der Waals surface area contributed by atoms with Crippen LogP contribution in [0.25, 0.3) is 0 Å². The van der Waals surface area contributed by atoms with E-state index < -0.39 is 34.8 Å². The molecule has 0 aromatic rings. The molecule has 0 aliphatic heterocycles. The summed E-state index contributed by atoms with van der Waals surface area (Å²) in [5.41, 5.74) is 0. The molecule has 0 saturated carbocycles. The van der Waals surface area contributed by atoms with E-state index in [2.05, 4.69) is 9.47 Å². The summed E-state index contributed by atoms with van der Waals surface area (Å²) in [6.07, 6.45) is -6.03. The second-order valence-electron chi connectivity index (χ2n) is 2.98. The Morgan fingerprint density at radius 2 is 1.65 bits per heavy atom. The first-order valence-electron chi connectivity index (χ1n) is 4.17. The molecule has 17 heavy (non-hydrogen) atoms. The molecule has 0 radical (unpaired) electrons. The van der Waals surface area contributed by atoms with Gasteiger partial charge in [-0.25, -0.2) is 0 Å². The third-order valence-corrected chi connectivity index (χ3v) is 2.86. The van der Waals surface area contributed by atoms with Crippen molar-refractivity contribution in [3.8, 4) is 0 Å². The Morgan fingerprint density at radius 1 is 1.18 bits per heavy atom. The molecular weight excluding hydrogens is 288 g/mol. The Hall–Kier alpha value is -0.690. The maximum atomic E-state index is 12.5. The SMILES string of the molecule is COC(=O)CC(C(=O)OC)C(Cl)(Cl)C(F)(F)F. The van der Waals surface area contributed by atoms with Crippen LogP contribution in [0.15, 0.2) is 0 Å². The predicted molar refractivity (Wildman–Crippen MR) is 52.6 cm³/mol. The number of hydrogen-bond acceptors (Lipinski definition) is 4. The molecule has 0 amide bonds. The lowest BCUT2D eigenvalue weighted by atomic mass is 10.00. The topological polar surface area (TPSA) is 52.6 Å². The monoisotopic (exact) mass is 296 g/mol. The number of methoxy groups -OCH3 is 2. The molecular formula is C8H9Cl2F3O4. The smallest absolute Gasteiger partial charge is 0.422 e. The zero-order valence-electron chi connectivity index (χ0n) is 8.81. The van der Waals surface area contributed by atoms with Gasteiger partial charge in [-0.3, -0.25) is 9.59 Å². The number of ether oxygens (including phenoxy) is 2. The van der Waals surface area contributed by atoms with Gasteiger partial charge in [0, 0.05) is 0 Å². The van der Waals surface area contributed by atoms with E-state index in [1.807, 2.05) is 0 Å². The maximum Gasteiger partial charge on any atom is 0.422 e. The highest BCUT2D eigenvalue weighted by Crippen LogP contribution is 2.47. The molecule has 4 nitrogen and oxygen atoms in total. The van der Waals surface area contributed by atoms with E-state index in [1.54, 1.807) is 0 Å². The van der Waals surface area contributed by atoms with Crippen molar-refractivity contribution in [3.05, 3.63) is 0 Å². The molecule has 0 heterocycles. The van der Waals surface area contributed by atoms with Crippen molar-refractivity contribution in [3.63, 3.8) is 0 Å². The van der Waals surface area contributed by atoms with Crippen LogP contribution in [0.4, 0.5) is 13.2 Å². The van der Waals surface area contributed by atoms with Gasteiger partial charge in [0.15, 0.2) is 0 Å². The molecule has 100 valence electrons. The Kier molecular flexibility index (Phi) is 5.54. The lowest BCUT2D eigenvalue weighted by molar-refractivity contribution is -0.174. The van der Waals surface area contributed by atoms with Crippen LogP contribution in [0, 0.1) is 5.92 Å². The lowest BCUT2D eigenvalue weighted by Gasteiger charge is -2.28. The number of carbonyl (C=O) groups excluding carboxylic acids is 2. The minimum Gasteiger partial charge on any atom is -0.469 e. The molecule has 0 aromatic heterocycles. The van der Waals surface area contributed by atoms with Gasteiger partial charge in [0.25, 0.3) is 0 Å². The van der Waals surface area contributed by atoms with Gasteiger partial charge in [0.1, 0.15) is 5.92 Å². The Morgan fingerprint density at radius 3 is 1.94 bits per heavy atom. The standard InChI is InChI=1S/C8H9Cl2F3O4/c1-16-5(14)3-4(6(15)17-2)7(9,10)8(11,12)13/h4H,3H2,1-2H3. The number of halogens is 5. The van der Waals surface area contributed by atoms with E-state index in [0.717, 1.165) is 14.2 Å². The van der Waals surface area contributed by atoms with Crippen molar-refractivity contribution in [2.75, 3.05) is 14.2 Å². The van der Waals surface area contributed by atoms with E-state index in [-0.39, 0.29) is 0 Å². The van der Waals surface area contributed by atoms with Gasteiger partial charge in [-0.05, 0) is 0 Å². The summed E-state index contributed by atoms with van der Waals surface area (Å²) in [4.78, 5) is 22.1. The second kappa shape index (κ2) is 5.77. The van der Waals surface area contributed by atoms with Crippen LogP contribution in [0.5, 0.6) is 0 Å². The van der Waals surface area contributed by atoms with Crippen molar-refractivity contribution in [2.45, 2.75) is 16.9 Å². The average Bonchev–Trinajstić information content (AvgIpc) is 2.22. The first-order chi connectivity index (χ1) is 7.57. The lowest BCUT2D eigenvalue weighted by Crippen LogP contribution is -2.46. The van der Waals surface area contributed by atoms with Crippen LogP contribution in [0.1, 0.15) is 6.42 Å². The predicted octanol–water partition coefficient (Wildman–Crippen LogP) is 2.07. The van der Waals surface area contributed by atoms with Gasteiger partial charge in [-0.15, -0.1) is 0 Å². The first kappa shape index (κ1) is 16.3. The summed E-state index contributed by atoms with van der Waals surface area (Å²) in [5, 5.41) is 0. The molecule has 0 N–H and O–H groups in total. The van der Waals surface area contributed by atoms with Gasteiger partial charge < -0.3 is 9.47 Å². The van der Waals surface area contributed by atoms with Gasteiger partial charge in [-0.2, -0.15) is 13.2 Å². The Bertz CT molecular complexity index is 304. The average molecular weight is 297 g/mol. The van der Waals surface area contributed by atoms with Crippen molar-refractivity contribution in [2.24, 2.45) is 5.92 Å². The summed E-state index contributed by atoms with van der Waals surface area (Å²) >= 11 is 10.2. The summed E-state index contributed by atoms with van der Waals surface area (Å²) in [6, 6.07) is 0. The van der Waals surface area contributed by atoms with E-state index in [0.29, 0.717) is 0 Å². The second-order valence-corrected chi connectivity index (χ2v) is 4.36. The fourth-order valence-corrected chi connectivity index (χ4v) is 1.28. The van der Waals surface area contributed by atoms with Crippen molar-refractivity contribution in [1.29, 1.82) is 0 Å². The number of hydrogen-bond donors (Lipinski definition) is 0. The Labute approximate surface area is 105 Å². The molecule has 0 spiro atoms. The van der Waals surface area contributed by atoms with Crippen LogP contribution in [-0.4, -0.2) is 36.7 Å². The largest absolute Gasteiger partial charge is 0.469 e. The number of carbonyl (C=O) groups is 2. The molecule has 0 fully saturated rings. The van der Waals surface area contributed by atoms with Crippen LogP contribution in [0.2, 0.25) is 0 Å². The van der Waals surface area contributed by atoms with Crippen LogP contribution in [0.3, 0.4) is 0 Å². The summed E-state index contributed by atoms with van der Waals surface area (Å²) in [6.45, 7) is 0. The summed E-state index contributed by atoms with van der Waals surface area (Å²) in [5.74, 6) is -4.50. The quantitative estimate of drug-likeness (QED) is 0.589. The zero-order valence-corrected chi connectivity index (χ0v) is 10.3. The highest BCUT2D eigenvalue weighted by molar-refractivity contribution is 6.50. The number of rotatable bonds is 4. The van der Waals surface area contributed by atoms with Gasteiger partial charge in [0.2, 0.25) is 4.33 Å². The van der Waals surface area contributed by atoms with Crippen molar-refractivity contribution < 1.29 is 32.2 Å². The number of alkyl halides is 5. The highest BCUT2D eigenvalue weighted by Gasteiger charge is 2.61. The van der Waals surface area contributed by atoms with E-state index in [9.17, 15) is 22.8 Å². The maximum absolute atomic E-state index is 12.5. The normalized spacial score (nSPS) is 14.1. The van der Waals surface area contributed by atoms with Gasteiger partial charge in [0.05, 0.1) is 20.6 Å². The minimum atomic E-state index is -5.09. The van der Waals surface area contributed by atoms with E-state index in [1.165, 1.54) is 0 Å². The summed E-state index contributed by atoms with van der Waals surface area (Å²) in [7, 11) is 1.81. The highest BCUT2D eigenvalue weighted by atomic mass is 35.5. The molecule has 1 unspecified atom stereocenters. The molecule has 0 saturated heterocycles. The molecule has 0 aromatic carbocycles. The fourth-order valence-electron chi connectivity index (χ4n) is 0.949. The Balaban J connectivity index is 5.18. The van der Waals surface area contributed by atoms with Crippen LogP contribution >= 0.6 is 23.2 Å². The number of esters is 2. The molecule has 0 aliphatic carbocycles. The molecule has 0 rings (SSSR count). The minimum absolute atomic E-state index is 0.854. The third kappa shape index (κ3) is 3.92. The van der Waals surface area contributed by atoms with E-state index >= 15 is 0 Å².